The van der Waals surface area contributed by atoms with Gasteiger partial charge in [-0.25, -0.2) is 4.79 Å². The van der Waals surface area contributed by atoms with Crippen LogP contribution in [0.3, 0.4) is 0 Å². The fourth-order valence-corrected chi connectivity index (χ4v) is 11.1. The van der Waals surface area contributed by atoms with Crippen LogP contribution in [-0.2, 0) is 71.7 Å². The molecule has 10 amide bonds. The first kappa shape index (κ1) is 80.8. The fraction of sp³-hybridized carbons (Fsp3) is 0.812. The van der Waals surface area contributed by atoms with Crippen molar-refractivity contribution in [1.82, 2.24) is 50.7 Å². The van der Waals surface area contributed by atoms with Crippen LogP contribution in [-0.4, -0.2) is 236 Å². The van der Waals surface area contributed by atoms with Gasteiger partial charge in [0.15, 0.2) is 6.10 Å². The van der Waals surface area contributed by atoms with Crippen LogP contribution in [0.2, 0.25) is 0 Å². The predicted octanol–water partition coefficient (Wildman–Crippen LogP) is 3.28. The van der Waals surface area contributed by atoms with E-state index >= 15 is 14.4 Å². The second kappa shape index (κ2) is 37.2. The number of aldehydes is 1. The second-order valence-corrected chi connectivity index (χ2v) is 27.3. The molecule has 0 aromatic carbocycles. The molecule has 0 radical (unpaired) electrons. The fourth-order valence-electron chi connectivity index (χ4n) is 11.1. The van der Waals surface area contributed by atoms with Crippen molar-refractivity contribution in [1.29, 1.82) is 0 Å². The number of nitrogens with one attached hydrogen (secondary N) is 4. The molecular formula is C64H114N10O15. The molecule has 1 heterocycles. The molecule has 510 valence electrons. The third-order valence-electron chi connectivity index (χ3n) is 16.4. The van der Waals surface area contributed by atoms with Crippen molar-refractivity contribution < 1.29 is 71.7 Å². The molecule has 1 aliphatic rings. The molecule has 13 atom stereocenters. The summed E-state index contributed by atoms with van der Waals surface area (Å²) in [4.78, 5) is 181. The number of ether oxygens (including phenoxy) is 3. The molecule has 1 rings (SSSR count). The molecule has 0 bridgehead atoms. The number of nitrogens with zero attached hydrogens (tertiary/aromatic N) is 6. The summed E-state index contributed by atoms with van der Waals surface area (Å²) in [6, 6.07) is -11.8. The van der Waals surface area contributed by atoms with E-state index in [1.54, 1.807) is 34.6 Å². The van der Waals surface area contributed by atoms with E-state index in [0.29, 0.717) is 6.29 Å². The summed E-state index contributed by atoms with van der Waals surface area (Å²) in [5.74, 6) is -11.1. The summed E-state index contributed by atoms with van der Waals surface area (Å²) < 4.78 is 17.4. The molecule has 0 aromatic rings. The molecule has 4 N–H and O–H groups in total. The van der Waals surface area contributed by atoms with E-state index in [1.165, 1.54) is 90.0 Å². The number of hydrogen-bond acceptors (Lipinski definition) is 15. The summed E-state index contributed by atoms with van der Waals surface area (Å²) >= 11 is 0. The number of amides is 10. The van der Waals surface area contributed by atoms with Crippen LogP contribution in [0.15, 0.2) is 0 Å². The van der Waals surface area contributed by atoms with Crippen molar-refractivity contribution in [3.8, 4) is 0 Å². The summed E-state index contributed by atoms with van der Waals surface area (Å²) in [5.41, 5.74) is 0. The standard InChI is InChI=1S/C64H114N10O15/c1-34(2)28-44-59(81)71(20)47(31-37(7)8)55(77)65-42(16)64(86)89-53(40(13)14)63(85)72(21)48(32-38(9)10)57(79)67-45(29-35(3)4)60(82)73(22)51(39(11)12)62(84)74(23)52(54(88-25)41(15)26-27-75)58(80)68-50(43(17)87-24)61(83)69(18)33-49(76)70(19)46(30-36(5)6)56(78)66-44/h27,34-48,50-54H,26,28-33H2,1-25H3,(H,65,77)(H,66,78)(H,67,79)(H,68,80)/t41-,42-,43-,44-,45-,46+,47-,48-,50-,51-,52-,53+,54-/m1/s1. The summed E-state index contributed by atoms with van der Waals surface area (Å²) in [5, 5.41) is 11.2. The molecule has 0 aromatic heterocycles. The Labute approximate surface area is 531 Å². The van der Waals surface area contributed by atoms with Gasteiger partial charge in [0.1, 0.15) is 60.7 Å². The lowest BCUT2D eigenvalue weighted by Crippen LogP contribution is -2.64. The molecule has 0 aliphatic carbocycles. The highest BCUT2D eigenvalue weighted by atomic mass is 16.6. The van der Waals surface area contributed by atoms with Crippen molar-refractivity contribution in [2.24, 2.45) is 47.3 Å². The Hall–Kier alpha value is -6.24. The van der Waals surface area contributed by atoms with Gasteiger partial charge in [0, 0.05) is 62.9 Å². The SMILES string of the molecule is CO[C@H]([C@H](C)CC=O)[C@@H]1C(=O)N[C@H]([C@@H](C)OC)C(=O)N(C)CC(=O)N(C)[C@@H](CC(C)C)C(=O)N[C@H](CC(C)C)C(=O)N(C)[C@H](CC(C)C)C(=O)N[C@H](C)C(=O)O[C@@H](C(C)C)C(=O)N(C)[C@H](CC(C)C)C(=O)N[C@H](CC(C)C)C(=O)N(C)[C@H](C(C)C)C(=O)N1C. The predicted molar refractivity (Wildman–Crippen MR) is 338 cm³/mol. The molecule has 89 heavy (non-hydrogen) atoms. The summed E-state index contributed by atoms with van der Waals surface area (Å²) in [6.07, 6.45) is -2.61. The number of methoxy groups -OCH3 is 2. The third-order valence-corrected chi connectivity index (χ3v) is 16.4. The highest BCUT2D eigenvalue weighted by molar-refractivity contribution is 5.99. The Morgan fingerprint density at radius 2 is 0.876 bits per heavy atom. The first-order valence-electron chi connectivity index (χ1n) is 31.6. The van der Waals surface area contributed by atoms with Crippen LogP contribution in [0, 0.1) is 47.3 Å². The van der Waals surface area contributed by atoms with E-state index in [9.17, 15) is 43.2 Å². The minimum absolute atomic E-state index is 0.0864. The van der Waals surface area contributed by atoms with E-state index in [1.807, 2.05) is 69.2 Å². The first-order valence-corrected chi connectivity index (χ1v) is 31.6. The number of cyclic esters (lactones) is 1. The Kier molecular flexibility index (Phi) is 33.7. The normalized spacial score (nSPS) is 26.4. The maximum Gasteiger partial charge on any atom is 0.329 e. The van der Waals surface area contributed by atoms with Crippen molar-refractivity contribution in [3.63, 3.8) is 0 Å². The van der Waals surface area contributed by atoms with Crippen LogP contribution >= 0.6 is 0 Å². The lowest BCUT2D eigenvalue weighted by molar-refractivity contribution is -0.166. The molecule has 0 saturated carbocycles. The maximum atomic E-state index is 15.3. The zero-order valence-electron chi connectivity index (χ0n) is 58.4. The number of hydrogen-bond donors (Lipinski definition) is 4. The monoisotopic (exact) mass is 1260 g/mol. The van der Waals surface area contributed by atoms with Gasteiger partial charge in [-0.15, -0.1) is 0 Å². The molecule has 0 spiro atoms. The van der Waals surface area contributed by atoms with Gasteiger partial charge in [0.2, 0.25) is 53.2 Å². The average molecular weight is 1260 g/mol. The quantitative estimate of drug-likeness (QED) is 0.107. The van der Waals surface area contributed by atoms with Crippen molar-refractivity contribution in [3.05, 3.63) is 0 Å². The maximum absolute atomic E-state index is 15.3. The van der Waals surface area contributed by atoms with Gasteiger partial charge < -0.3 is 69.7 Å². The van der Waals surface area contributed by atoms with E-state index in [2.05, 4.69) is 21.3 Å². The molecule has 1 fully saturated rings. The minimum atomic E-state index is -1.57. The van der Waals surface area contributed by atoms with Gasteiger partial charge in [-0.2, -0.15) is 0 Å². The topological polar surface area (TPSA) is 300 Å². The number of likely N-dealkylation sites (N-methyl/N-ethyl adjacent to an activating group) is 6. The van der Waals surface area contributed by atoms with Gasteiger partial charge in [0.25, 0.3) is 5.91 Å². The largest absolute Gasteiger partial charge is 0.450 e. The molecule has 25 nitrogen and oxygen atoms in total. The van der Waals surface area contributed by atoms with Gasteiger partial charge in [-0.05, 0) is 93.3 Å². The van der Waals surface area contributed by atoms with Gasteiger partial charge in [-0.3, -0.25) is 47.9 Å². The smallest absolute Gasteiger partial charge is 0.329 e. The Morgan fingerprint density at radius 1 is 0.472 bits per heavy atom. The zero-order chi connectivity index (χ0) is 69.0. The summed E-state index contributed by atoms with van der Waals surface area (Å²) in [6.45, 7) is 29.1. The van der Waals surface area contributed by atoms with Gasteiger partial charge in [-0.1, -0.05) is 104 Å². The molecule has 1 saturated heterocycles. The van der Waals surface area contributed by atoms with Crippen LogP contribution < -0.4 is 21.3 Å². The Morgan fingerprint density at radius 3 is 1.27 bits per heavy atom. The minimum Gasteiger partial charge on any atom is -0.450 e. The number of esters is 1. The number of carbonyl (C=O) groups is 12. The van der Waals surface area contributed by atoms with Crippen LogP contribution in [0.1, 0.15) is 156 Å². The third kappa shape index (κ3) is 23.5. The molecular weight excluding hydrogens is 1150 g/mol. The Balaban J connectivity index is 4.47. The van der Waals surface area contributed by atoms with Crippen molar-refractivity contribution >= 4 is 71.3 Å². The summed E-state index contributed by atoms with van der Waals surface area (Å²) in [7, 11) is 10.9. The Bertz CT molecular complexity index is 2400. The zero-order valence-corrected chi connectivity index (χ0v) is 58.4. The van der Waals surface area contributed by atoms with Crippen molar-refractivity contribution in [2.75, 3.05) is 63.1 Å². The molecule has 0 unspecified atom stereocenters. The van der Waals surface area contributed by atoms with E-state index < -0.39 is 162 Å². The second-order valence-electron chi connectivity index (χ2n) is 27.3. The lowest BCUT2D eigenvalue weighted by atomic mass is 9.91. The molecule has 25 heteroatoms. The van der Waals surface area contributed by atoms with Crippen LogP contribution in [0.25, 0.3) is 0 Å². The van der Waals surface area contributed by atoms with Crippen LogP contribution in [0.4, 0.5) is 0 Å². The van der Waals surface area contributed by atoms with E-state index in [4.69, 9.17) is 14.2 Å². The number of rotatable bonds is 19. The van der Waals surface area contributed by atoms with Crippen molar-refractivity contribution in [2.45, 2.75) is 229 Å². The molecule has 1 aliphatic heterocycles. The number of carbonyl (C=O) groups excluding carboxylic acids is 12. The highest BCUT2D eigenvalue weighted by Gasteiger charge is 2.46. The first-order chi connectivity index (χ1) is 41.1. The van der Waals surface area contributed by atoms with Gasteiger partial charge in [0.05, 0.1) is 18.8 Å². The van der Waals surface area contributed by atoms with E-state index in [-0.39, 0.29) is 68.1 Å². The van der Waals surface area contributed by atoms with Crippen LogP contribution in [0.5, 0.6) is 0 Å². The van der Waals surface area contributed by atoms with Gasteiger partial charge >= 0.3 is 5.97 Å². The van der Waals surface area contributed by atoms with E-state index in [0.717, 1.165) is 9.80 Å². The highest BCUT2D eigenvalue weighted by Crippen LogP contribution is 2.26. The lowest BCUT2D eigenvalue weighted by Gasteiger charge is -2.41. The average Bonchev–Trinajstić information content (AvgIpc) is 1.78.